The first kappa shape index (κ1) is 21.7. The first-order chi connectivity index (χ1) is 15.7. The second kappa shape index (κ2) is 9.77. The van der Waals surface area contributed by atoms with Crippen LogP contribution in [0.25, 0.3) is 11.0 Å². The van der Waals surface area contributed by atoms with Crippen LogP contribution in [0.4, 0.5) is 5.82 Å². The Morgan fingerprint density at radius 1 is 0.906 bits per heavy atom. The van der Waals surface area contributed by atoms with E-state index in [2.05, 4.69) is 26.3 Å². The third-order valence-corrected chi connectivity index (χ3v) is 7.77. The maximum Gasteiger partial charge on any atom is 0.272 e. The average molecular weight is 439 g/mol. The fourth-order valence-electron chi connectivity index (χ4n) is 5.87. The topological polar surface area (TPSA) is 66.3 Å². The number of rotatable bonds is 4. The third kappa shape index (κ3) is 4.63. The second-order valence-electron chi connectivity index (χ2n) is 9.99. The monoisotopic (exact) mass is 438 g/mol. The third-order valence-electron chi connectivity index (χ3n) is 7.77. The minimum atomic E-state index is -0.0592. The molecule has 2 aromatic heterocycles. The summed E-state index contributed by atoms with van der Waals surface area (Å²) in [6.07, 6.45) is 14.0. The molecular weight excluding hydrogens is 400 g/mol. The van der Waals surface area contributed by atoms with Crippen LogP contribution in [0.3, 0.4) is 0 Å². The maximum atomic E-state index is 13.1. The molecule has 3 fully saturated rings. The molecule has 174 valence electrons. The fourth-order valence-corrected chi connectivity index (χ4v) is 5.87. The summed E-state index contributed by atoms with van der Waals surface area (Å²) in [6.45, 7) is 4.31. The number of aromatic nitrogens is 3. The minimum Gasteiger partial charge on any atom is -0.357 e. The molecule has 32 heavy (non-hydrogen) atoms. The lowest BCUT2D eigenvalue weighted by molar-refractivity contribution is 0.0861. The number of carbonyl (C=O) groups excluding carboxylic acids is 1. The summed E-state index contributed by atoms with van der Waals surface area (Å²) in [5.74, 6) is 0.945. The molecule has 1 aliphatic carbocycles. The highest BCUT2D eigenvalue weighted by atomic mass is 16.2. The highest BCUT2D eigenvalue weighted by molar-refractivity contribution is 6.04. The zero-order chi connectivity index (χ0) is 21.9. The Morgan fingerprint density at radius 3 is 2.31 bits per heavy atom. The van der Waals surface area contributed by atoms with Crippen molar-refractivity contribution < 1.29 is 4.79 Å². The van der Waals surface area contributed by atoms with Crippen LogP contribution in [0.15, 0.2) is 12.1 Å². The number of hydrogen-bond acceptors (Lipinski definition) is 5. The number of nitrogens with zero attached hydrogens (tertiary/aromatic N) is 5. The molecule has 1 saturated carbocycles. The van der Waals surface area contributed by atoms with Crippen LogP contribution < -0.4 is 10.2 Å². The molecule has 0 radical (unpaired) electrons. The number of carbonyl (C=O) groups is 1. The van der Waals surface area contributed by atoms with Gasteiger partial charge in [0.25, 0.3) is 5.91 Å². The van der Waals surface area contributed by atoms with Crippen LogP contribution in [-0.2, 0) is 7.05 Å². The molecule has 0 unspecified atom stereocenters. The Morgan fingerprint density at radius 2 is 1.59 bits per heavy atom. The van der Waals surface area contributed by atoms with Gasteiger partial charge in [-0.25, -0.2) is 9.67 Å². The molecule has 7 nitrogen and oxygen atoms in total. The van der Waals surface area contributed by atoms with Crippen LogP contribution in [0, 0.1) is 0 Å². The minimum absolute atomic E-state index is 0.0592. The molecule has 4 heterocycles. The number of fused-ring (bicyclic) bond motifs is 1. The highest BCUT2D eigenvalue weighted by Gasteiger charge is 2.28. The number of anilines is 1. The molecule has 1 N–H and O–H groups in total. The van der Waals surface area contributed by atoms with Gasteiger partial charge in [0.2, 0.25) is 0 Å². The van der Waals surface area contributed by atoms with Gasteiger partial charge in [0, 0.05) is 45.3 Å². The lowest BCUT2D eigenvalue weighted by Gasteiger charge is -2.39. The van der Waals surface area contributed by atoms with E-state index >= 15 is 0 Å². The van der Waals surface area contributed by atoms with Gasteiger partial charge in [-0.2, -0.15) is 5.10 Å². The van der Waals surface area contributed by atoms with Crippen molar-refractivity contribution in [3.63, 3.8) is 0 Å². The Balaban J connectivity index is 1.24. The van der Waals surface area contributed by atoms with E-state index in [1.165, 1.54) is 57.8 Å². The lowest BCUT2D eigenvalue weighted by atomic mass is 9.92. The van der Waals surface area contributed by atoms with Gasteiger partial charge < -0.3 is 15.1 Å². The second-order valence-corrected chi connectivity index (χ2v) is 9.99. The molecule has 0 atom stereocenters. The van der Waals surface area contributed by atoms with Crippen LogP contribution in [-0.4, -0.2) is 63.8 Å². The van der Waals surface area contributed by atoms with Crippen molar-refractivity contribution in [2.45, 2.75) is 82.7 Å². The van der Waals surface area contributed by atoms with E-state index in [1.54, 1.807) is 4.68 Å². The molecule has 2 aromatic rings. The summed E-state index contributed by atoms with van der Waals surface area (Å²) >= 11 is 0. The summed E-state index contributed by atoms with van der Waals surface area (Å²) in [5.41, 5.74) is 1.30. The van der Waals surface area contributed by atoms with Gasteiger partial charge in [0.1, 0.15) is 5.82 Å². The number of aryl methyl sites for hydroxylation is 1. The van der Waals surface area contributed by atoms with Gasteiger partial charge in [-0.3, -0.25) is 4.79 Å². The highest BCUT2D eigenvalue weighted by Crippen LogP contribution is 2.26. The Labute approximate surface area is 191 Å². The summed E-state index contributed by atoms with van der Waals surface area (Å²) in [6, 6.07) is 5.11. The largest absolute Gasteiger partial charge is 0.357 e. The normalized spacial score (nSPS) is 22.2. The van der Waals surface area contributed by atoms with Crippen molar-refractivity contribution in [2.75, 3.05) is 31.1 Å². The molecule has 2 saturated heterocycles. The first-order valence-electron chi connectivity index (χ1n) is 12.8. The van der Waals surface area contributed by atoms with Crippen molar-refractivity contribution in [3.05, 3.63) is 17.8 Å². The van der Waals surface area contributed by atoms with Gasteiger partial charge in [-0.15, -0.1) is 0 Å². The van der Waals surface area contributed by atoms with E-state index in [9.17, 15) is 4.79 Å². The predicted octanol–water partition coefficient (Wildman–Crippen LogP) is 3.88. The quantitative estimate of drug-likeness (QED) is 0.785. The Bertz CT molecular complexity index is 918. The van der Waals surface area contributed by atoms with Crippen molar-refractivity contribution >= 4 is 22.8 Å². The van der Waals surface area contributed by atoms with Crippen molar-refractivity contribution in [1.82, 2.24) is 25.0 Å². The van der Waals surface area contributed by atoms with Gasteiger partial charge >= 0.3 is 0 Å². The number of amides is 1. The Hall–Kier alpha value is -2.15. The van der Waals surface area contributed by atoms with Crippen molar-refractivity contribution in [3.8, 4) is 0 Å². The maximum absolute atomic E-state index is 13.1. The van der Waals surface area contributed by atoms with E-state index in [1.807, 2.05) is 13.1 Å². The van der Waals surface area contributed by atoms with Crippen molar-refractivity contribution in [1.29, 1.82) is 0 Å². The molecular formula is C25H38N6O. The Kier molecular flexibility index (Phi) is 6.62. The van der Waals surface area contributed by atoms with E-state index in [4.69, 9.17) is 4.98 Å². The number of likely N-dealkylation sites (tertiary alicyclic amines) is 1. The fraction of sp³-hybridized carbons (Fsp3) is 0.720. The molecule has 3 aliphatic rings. The average Bonchev–Trinajstić information content (AvgIpc) is 2.99. The molecule has 1 amide bonds. The van der Waals surface area contributed by atoms with Gasteiger partial charge in [0.15, 0.2) is 11.3 Å². The SMILES string of the molecule is Cn1nc(C(=O)NC2CCN(C3CCCCC3)CC2)c2ccc(N3CCCCCC3)nc21. The standard InChI is InChI=1S/C25H38N6O/c1-29-24-21(11-12-22(27-24)31-15-7-2-3-8-16-31)23(28-29)25(32)26-19-13-17-30(18-14-19)20-9-5-4-6-10-20/h11-12,19-20H,2-10,13-18H2,1H3,(H,26,32). The van der Waals surface area contributed by atoms with Crippen LogP contribution >= 0.6 is 0 Å². The molecule has 0 bridgehead atoms. The molecule has 0 aromatic carbocycles. The first-order valence-corrected chi connectivity index (χ1v) is 12.8. The molecule has 0 spiro atoms. The van der Waals surface area contributed by atoms with E-state index in [0.29, 0.717) is 5.69 Å². The van der Waals surface area contributed by atoms with Crippen LogP contribution in [0.5, 0.6) is 0 Å². The van der Waals surface area contributed by atoms with E-state index in [-0.39, 0.29) is 11.9 Å². The van der Waals surface area contributed by atoms with Crippen LogP contribution in [0.1, 0.15) is 81.1 Å². The van der Waals surface area contributed by atoms with E-state index < -0.39 is 0 Å². The summed E-state index contributed by atoms with van der Waals surface area (Å²) in [7, 11) is 1.89. The summed E-state index contributed by atoms with van der Waals surface area (Å²) in [5, 5.41) is 8.68. The summed E-state index contributed by atoms with van der Waals surface area (Å²) in [4.78, 5) is 23.0. The smallest absolute Gasteiger partial charge is 0.272 e. The number of nitrogens with one attached hydrogen (secondary N) is 1. The predicted molar refractivity (Wildman–Crippen MR) is 128 cm³/mol. The summed E-state index contributed by atoms with van der Waals surface area (Å²) < 4.78 is 1.76. The zero-order valence-electron chi connectivity index (χ0n) is 19.6. The lowest BCUT2D eigenvalue weighted by Crippen LogP contribution is -2.48. The number of pyridine rings is 1. The molecule has 5 rings (SSSR count). The van der Waals surface area contributed by atoms with Gasteiger partial charge in [-0.05, 0) is 50.7 Å². The van der Waals surface area contributed by atoms with Crippen LogP contribution in [0.2, 0.25) is 0 Å². The van der Waals surface area contributed by atoms with Crippen molar-refractivity contribution in [2.24, 2.45) is 7.05 Å². The molecule has 7 heteroatoms. The van der Waals surface area contributed by atoms with Gasteiger partial charge in [-0.1, -0.05) is 32.1 Å². The number of hydrogen-bond donors (Lipinski definition) is 1. The van der Waals surface area contributed by atoms with Gasteiger partial charge in [0.05, 0.1) is 5.39 Å². The number of piperidine rings is 1. The zero-order valence-corrected chi connectivity index (χ0v) is 19.6. The molecule has 2 aliphatic heterocycles. The van der Waals surface area contributed by atoms with E-state index in [0.717, 1.165) is 61.9 Å².